The van der Waals surface area contributed by atoms with Crippen molar-refractivity contribution in [2.45, 2.75) is 0 Å². The maximum absolute atomic E-state index is 12.7. The standard InChI is InChI=1S/C18H23N5O4/c1-27-14-4-2-13(3-5-14)23-17(25)15(16(24)21-18(23)26)12-20-8-11-22-9-6-19-7-10-22/h2-5,12,15,19H,6-11H2,1H3,(H,21,24,26)/p+2/t15-/m1/s1. The number of piperazine rings is 1. The van der Waals surface area contributed by atoms with Gasteiger partial charge in [0.2, 0.25) is 5.91 Å². The molecule has 1 aromatic rings. The maximum atomic E-state index is 12.7. The van der Waals surface area contributed by atoms with Gasteiger partial charge in [-0.05, 0) is 24.3 Å². The molecule has 9 heteroatoms. The van der Waals surface area contributed by atoms with Crippen LogP contribution >= 0.6 is 0 Å². The Balaban J connectivity index is 1.65. The van der Waals surface area contributed by atoms with E-state index in [-0.39, 0.29) is 0 Å². The third-order valence-corrected chi connectivity index (χ3v) is 4.79. The van der Waals surface area contributed by atoms with Gasteiger partial charge in [0.1, 0.15) is 31.9 Å². The Labute approximate surface area is 157 Å². The molecule has 1 aromatic carbocycles. The van der Waals surface area contributed by atoms with E-state index in [0.717, 1.165) is 37.6 Å². The molecule has 4 N–H and O–H groups in total. The smallest absolute Gasteiger partial charge is 0.335 e. The van der Waals surface area contributed by atoms with Crippen LogP contribution in [0.4, 0.5) is 10.5 Å². The summed E-state index contributed by atoms with van der Waals surface area (Å²) in [6.45, 7) is 5.83. The number of carbonyl (C=O) groups excluding carboxylic acids is 3. The number of carbonyl (C=O) groups is 3. The van der Waals surface area contributed by atoms with Crippen LogP contribution in [0.15, 0.2) is 29.3 Å². The lowest BCUT2D eigenvalue weighted by atomic mass is 10.1. The Kier molecular flexibility index (Phi) is 6.15. The number of imide groups is 2. The number of barbiturate groups is 1. The lowest BCUT2D eigenvalue weighted by molar-refractivity contribution is -0.945. The number of nitrogens with two attached hydrogens (primary N) is 1. The number of nitrogens with zero attached hydrogens (tertiary/aromatic N) is 2. The summed E-state index contributed by atoms with van der Waals surface area (Å²) in [7, 11) is 1.53. The second-order valence-corrected chi connectivity index (χ2v) is 6.57. The van der Waals surface area contributed by atoms with Crippen molar-refractivity contribution in [1.29, 1.82) is 0 Å². The third-order valence-electron chi connectivity index (χ3n) is 4.79. The van der Waals surface area contributed by atoms with E-state index in [4.69, 9.17) is 4.74 Å². The Morgan fingerprint density at radius 3 is 2.63 bits per heavy atom. The molecule has 0 saturated carbocycles. The average molecular weight is 375 g/mol. The number of urea groups is 1. The van der Waals surface area contributed by atoms with Crippen molar-refractivity contribution in [1.82, 2.24) is 5.32 Å². The SMILES string of the molecule is COc1ccc(N2C(=O)NC(=O)[C@@H](C=NCC[NH+]3CC[NH2+]CC3)C2=O)cc1. The van der Waals surface area contributed by atoms with Gasteiger partial charge < -0.3 is 15.0 Å². The van der Waals surface area contributed by atoms with Gasteiger partial charge in [-0.15, -0.1) is 0 Å². The number of benzene rings is 1. The number of methoxy groups -OCH3 is 1. The van der Waals surface area contributed by atoms with Crippen molar-refractivity contribution in [2.75, 3.05) is 51.3 Å². The summed E-state index contributed by atoms with van der Waals surface area (Å²) >= 11 is 0. The first-order valence-corrected chi connectivity index (χ1v) is 9.08. The highest BCUT2D eigenvalue weighted by Crippen LogP contribution is 2.22. The van der Waals surface area contributed by atoms with Crippen molar-refractivity contribution in [3.8, 4) is 5.75 Å². The molecule has 2 aliphatic heterocycles. The summed E-state index contributed by atoms with van der Waals surface area (Å²) in [6.07, 6.45) is 1.36. The largest absolute Gasteiger partial charge is 0.497 e. The first-order chi connectivity index (χ1) is 13.1. The van der Waals surface area contributed by atoms with Gasteiger partial charge in [0.25, 0.3) is 5.91 Å². The van der Waals surface area contributed by atoms with Gasteiger partial charge in [-0.25, -0.2) is 9.69 Å². The lowest BCUT2D eigenvalue weighted by Gasteiger charge is -2.28. The van der Waals surface area contributed by atoms with Crippen molar-refractivity contribution >= 4 is 29.7 Å². The fourth-order valence-electron chi connectivity index (χ4n) is 3.23. The third kappa shape index (κ3) is 4.50. The normalized spacial score (nSPS) is 21.6. The Morgan fingerprint density at radius 1 is 1.26 bits per heavy atom. The van der Waals surface area contributed by atoms with E-state index in [1.165, 1.54) is 18.2 Å². The van der Waals surface area contributed by atoms with Crippen molar-refractivity contribution in [2.24, 2.45) is 10.9 Å². The lowest BCUT2D eigenvalue weighted by Crippen LogP contribution is -3.20. The first-order valence-electron chi connectivity index (χ1n) is 9.08. The van der Waals surface area contributed by atoms with Crippen molar-refractivity contribution in [3.05, 3.63) is 24.3 Å². The van der Waals surface area contributed by atoms with Crippen LogP contribution in [-0.2, 0) is 9.59 Å². The molecular formula is C18H25N5O4+2. The molecule has 2 saturated heterocycles. The number of quaternary nitrogens is 2. The molecule has 4 amide bonds. The van der Waals surface area contributed by atoms with Crippen LogP contribution in [-0.4, -0.2) is 70.4 Å². The monoisotopic (exact) mass is 375 g/mol. The minimum Gasteiger partial charge on any atom is -0.497 e. The highest BCUT2D eigenvalue weighted by molar-refractivity contribution is 6.32. The minimum atomic E-state index is -1.10. The molecule has 0 aromatic heterocycles. The van der Waals surface area contributed by atoms with Crippen molar-refractivity contribution in [3.63, 3.8) is 0 Å². The topological polar surface area (TPSA) is 109 Å². The van der Waals surface area contributed by atoms with E-state index in [1.807, 2.05) is 0 Å². The second-order valence-electron chi connectivity index (χ2n) is 6.57. The highest BCUT2D eigenvalue weighted by atomic mass is 16.5. The molecule has 2 aliphatic rings. The highest BCUT2D eigenvalue weighted by Gasteiger charge is 2.40. The molecule has 9 nitrogen and oxygen atoms in total. The van der Waals surface area contributed by atoms with E-state index in [9.17, 15) is 14.4 Å². The summed E-state index contributed by atoms with van der Waals surface area (Å²) in [5, 5.41) is 4.52. The molecule has 0 unspecified atom stereocenters. The predicted octanol–water partition coefficient (Wildman–Crippen LogP) is -2.57. The average Bonchev–Trinajstić information content (AvgIpc) is 2.68. The van der Waals surface area contributed by atoms with Gasteiger partial charge in [0.05, 0.1) is 25.9 Å². The second kappa shape index (κ2) is 8.74. The number of nitrogens with one attached hydrogen (secondary N) is 2. The van der Waals surface area contributed by atoms with E-state index in [2.05, 4.69) is 15.6 Å². The summed E-state index contributed by atoms with van der Waals surface area (Å²) < 4.78 is 5.08. The molecule has 2 heterocycles. The molecule has 1 atom stereocenters. The molecule has 0 bridgehead atoms. The predicted molar refractivity (Wildman–Crippen MR) is 98.1 cm³/mol. The molecule has 144 valence electrons. The zero-order valence-corrected chi connectivity index (χ0v) is 15.3. The molecule has 27 heavy (non-hydrogen) atoms. The summed E-state index contributed by atoms with van der Waals surface area (Å²) in [6, 6.07) is 5.73. The van der Waals surface area contributed by atoms with Gasteiger partial charge in [0.15, 0.2) is 5.92 Å². The zero-order chi connectivity index (χ0) is 19.2. The number of anilines is 1. The van der Waals surface area contributed by atoms with Gasteiger partial charge in [-0.3, -0.25) is 19.9 Å². The summed E-state index contributed by atoms with van der Waals surface area (Å²) in [5.74, 6) is -1.74. The number of ether oxygens (including phenoxy) is 1. The fraction of sp³-hybridized carbons (Fsp3) is 0.444. The molecule has 3 rings (SSSR count). The molecular weight excluding hydrogens is 350 g/mol. The van der Waals surface area contributed by atoms with Crippen LogP contribution in [0.1, 0.15) is 0 Å². The van der Waals surface area contributed by atoms with Crippen LogP contribution in [0.2, 0.25) is 0 Å². The van der Waals surface area contributed by atoms with Crippen LogP contribution in [0.25, 0.3) is 0 Å². The van der Waals surface area contributed by atoms with Crippen LogP contribution < -0.4 is 25.2 Å². The summed E-state index contributed by atoms with van der Waals surface area (Å²) in [4.78, 5) is 43.7. The Bertz CT molecular complexity index is 728. The van der Waals surface area contributed by atoms with Gasteiger partial charge in [-0.1, -0.05) is 0 Å². The van der Waals surface area contributed by atoms with E-state index in [1.54, 1.807) is 24.3 Å². The van der Waals surface area contributed by atoms with Crippen molar-refractivity contribution < 1.29 is 29.3 Å². The Morgan fingerprint density at radius 2 is 1.96 bits per heavy atom. The summed E-state index contributed by atoms with van der Waals surface area (Å²) in [5.41, 5.74) is 0.373. The Hall–Kier alpha value is -2.78. The van der Waals surface area contributed by atoms with E-state index in [0.29, 0.717) is 18.0 Å². The van der Waals surface area contributed by atoms with Crippen LogP contribution in [0, 0.1) is 5.92 Å². The van der Waals surface area contributed by atoms with E-state index >= 15 is 0 Å². The van der Waals surface area contributed by atoms with Gasteiger partial charge >= 0.3 is 6.03 Å². The molecule has 0 aliphatic carbocycles. The molecule has 0 radical (unpaired) electrons. The minimum absolute atomic E-state index is 0.373. The van der Waals surface area contributed by atoms with Crippen LogP contribution in [0.3, 0.4) is 0 Å². The number of hydrogen-bond donors (Lipinski definition) is 3. The van der Waals surface area contributed by atoms with Gasteiger partial charge in [-0.2, -0.15) is 0 Å². The van der Waals surface area contributed by atoms with Gasteiger partial charge in [0, 0.05) is 6.21 Å². The molecule has 2 fully saturated rings. The van der Waals surface area contributed by atoms with Crippen LogP contribution in [0.5, 0.6) is 5.75 Å². The quantitative estimate of drug-likeness (QED) is 0.375. The first kappa shape index (κ1) is 19.0. The number of amides is 4. The number of hydrogen-bond acceptors (Lipinski definition) is 5. The number of aliphatic imine (C=N–C) groups is 1. The fourth-order valence-corrected chi connectivity index (χ4v) is 3.23. The maximum Gasteiger partial charge on any atom is 0.335 e. The van der Waals surface area contributed by atoms with E-state index < -0.39 is 23.8 Å². The zero-order valence-electron chi connectivity index (χ0n) is 15.3. The number of rotatable bonds is 6. The molecule has 0 spiro atoms.